The highest BCUT2D eigenvalue weighted by Gasteiger charge is 2.57. The summed E-state index contributed by atoms with van der Waals surface area (Å²) in [5, 5.41) is 2.10. The smallest absolute Gasteiger partial charge is 0.306 e. The van der Waals surface area contributed by atoms with E-state index in [4.69, 9.17) is 0 Å². The molecule has 0 radical (unpaired) electrons. The van der Waals surface area contributed by atoms with Gasteiger partial charge in [0.05, 0.1) is 6.54 Å². The van der Waals surface area contributed by atoms with Gasteiger partial charge < -0.3 is 5.32 Å². The normalized spacial score (nSPS) is 14.8. The van der Waals surface area contributed by atoms with Gasteiger partial charge in [-0.25, -0.2) is 0 Å². The number of rotatable bonds is 2. The molecule has 0 aliphatic rings. The zero-order valence-corrected chi connectivity index (χ0v) is 7.60. The van der Waals surface area contributed by atoms with E-state index in [0.717, 1.165) is 0 Å². The van der Waals surface area contributed by atoms with Gasteiger partial charge in [-0.05, 0) is 20.8 Å². The van der Waals surface area contributed by atoms with Gasteiger partial charge in [-0.15, -0.1) is 0 Å². The van der Waals surface area contributed by atoms with Crippen LogP contribution >= 0.6 is 0 Å². The van der Waals surface area contributed by atoms with Gasteiger partial charge in [0.2, 0.25) is 0 Å². The number of hydrogen-bond donors (Lipinski definition) is 1. The molecule has 0 atom stereocenters. The predicted octanol–water partition coefficient (Wildman–Crippen LogP) is 2.57. The van der Waals surface area contributed by atoms with Crippen molar-refractivity contribution < 1.29 is 22.0 Å². The molecule has 1 N–H and O–H groups in total. The molecule has 80 valence electrons. The second-order valence-corrected chi connectivity index (χ2v) is 3.81. The average molecular weight is 205 g/mol. The van der Waals surface area contributed by atoms with Gasteiger partial charge in [-0.3, -0.25) is 0 Å². The van der Waals surface area contributed by atoms with Crippen molar-refractivity contribution in [3.63, 3.8) is 0 Å². The first-order valence-electron chi connectivity index (χ1n) is 3.65. The third-order valence-corrected chi connectivity index (χ3v) is 1.26. The Hall–Kier alpha value is -0.390. The largest absolute Gasteiger partial charge is 0.454 e. The van der Waals surface area contributed by atoms with Gasteiger partial charge in [0.25, 0.3) is 0 Å². The molecule has 0 heterocycles. The summed E-state index contributed by atoms with van der Waals surface area (Å²) in [5.74, 6) is -4.67. The highest BCUT2D eigenvalue weighted by Crippen LogP contribution is 2.34. The van der Waals surface area contributed by atoms with Gasteiger partial charge >= 0.3 is 12.1 Å². The number of alkyl halides is 5. The van der Waals surface area contributed by atoms with E-state index in [1.54, 1.807) is 0 Å². The van der Waals surface area contributed by atoms with Crippen molar-refractivity contribution in [2.45, 2.75) is 38.4 Å². The molecule has 0 aromatic rings. The van der Waals surface area contributed by atoms with Crippen molar-refractivity contribution in [2.75, 3.05) is 6.54 Å². The summed E-state index contributed by atoms with van der Waals surface area (Å²) < 4.78 is 59.4. The molecule has 0 aromatic heterocycles. The van der Waals surface area contributed by atoms with Gasteiger partial charge in [-0.1, -0.05) is 0 Å². The highest BCUT2D eigenvalue weighted by atomic mass is 19.4. The Kier molecular flexibility index (Phi) is 3.30. The zero-order valence-electron chi connectivity index (χ0n) is 7.60. The third kappa shape index (κ3) is 4.40. The molecule has 0 spiro atoms. The van der Waals surface area contributed by atoms with Crippen LogP contribution in [0.4, 0.5) is 22.0 Å². The van der Waals surface area contributed by atoms with E-state index >= 15 is 0 Å². The van der Waals surface area contributed by atoms with Crippen molar-refractivity contribution >= 4 is 0 Å². The van der Waals surface area contributed by atoms with E-state index < -0.39 is 24.2 Å². The van der Waals surface area contributed by atoms with Gasteiger partial charge in [-0.2, -0.15) is 22.0 Å². The van der Waals surface area contributed by atoms with Gasteiger partial charge in [0.1, 0.15) is 0 Å². The predicted molar refractivity (Wildman–Crippen MR) is 38.8 cm³/mol. The second kappa shape index (κ2) is 3.40. The van der Waals surface area contributed by atoms with Crippen molar-refractivity contribution in [1.82, 2.24) is 5.32 Å². The van der Waals surface area contributed by atoms with Crippen LogP contribution in [0.1, 0.15) is 20.8 Å². The molecule has 0 saturated carbocycles. The molecule has 0 aliphatic heterocycles. The molecule has 13 heavy (non-hydrogen) atoms. The monoisotopic (exact) mass is 205 g/mol. The fourth-order valence-electron chi connectivity index (χ4n) is 0.476. The lowest BCUT2D eigenvalue weighted by atomic mass is 10.1. The Morgan fingerprint density at radius 3 is 1.54 bits per heavy atom. The highest BCUT2D eigenvalue weighted by molar-refractivity contribution is 4.82. The van der Waals surface area contributed by atoms with Crippen molar-refractivity contribution in [1.29, 1.82) is 0 Å². The summed E-state index contributed by atoms with van der Waals surface area (Å²) in [5.41, 5.74) is -0.755. The molecule has 1 nitrogen and oxygen atoms in total. The summed E-state index contributed by atoms with van der Waals surface area (Å²) in [6.45, 7) is 3.15. The quantitative estimate of drug-likeness (QED) is 0.683. The summed E-state index contributed by atoms with van der Waals surface area (Å²) in [6, 6.07) is 0. The van der Waals surface area contributed by atoms with E-state index in [-0.39, 0.29) is 0 Å². The molecule has 0 aliphatic carbocycles. The minimum atomic E-state index is -5.48. The maximum absolute atomic E-state index is 12.3. The average Bonchev–Trinajstić information content (AvgIpc) is 1.79. The van der Waals surface area contributed by atoms with Crippen LogP contribution in [0.3, 0.4) is 0 Å². The SMILES string of the molecule is CC(C)(C)NCC(F)(F)C(F)(F)F. The minimum absolute atomic E-state index is 0.755. The molecule has 0 rings (SSSR count). The lowest BCUT2D eigenvalue weighted by Gasteiger charge is -2.26. The Bertz CT molecular complexity index is 167. The number of halogens is 5. The number of hydrogen-bond acceptors (Lipinski definition) is 1. The van der Waals surface area contributed by atoms with E-state index in [0.29, 0.717) is 0 Å². The van der Waals surface area contributed by atoms with E-state index in [1.165, 1.54) is 20.8 Å². The Labute approximate surface area is 73.3 Å². The summed E-state index contributed by atoms with van der Waals surface area (Å²) in [6.07, 6.45) is -5.48. The summed E-state index contributed by atoms with van der Waals surface area (Å²) in [4.78, 5) is 0. The molecular formula is C7H12F5N. The van der Waals surface area contributed by atoms with Crippen LogP contribution in [-0.2, 0) is 0 Å². The van der Waals surface area contributed by atoms with Crippen molar-refractivity contribution in [3.8, 4) is 0 Å². The van der Waals surface area contributed by atoms with Crippen molar-refractivity contribution in [2.24, 2.45) is 0 Å². The van der Waals surface area contributed by atoms with E-state index in [9.17, 15) is 22.0 Å². The Morgan fingerprint density at radius 2 is 1.31 bits per heavy atom. The molecule has 6 heteroatoms. The molecule has 0 amide bonds. The van der Waals surface area contributed by atoms with Crippen LogP contribution in [0, 0.1) is 0 Å². The van der Waals surface area contributed by atoms with Crippen LogP contribution in [-0.4, -0.2) is 24.2 Å². The van der Waals surface area contributed by atoms with Gasteiger partial charge in [0, 0.05) is 5.54 Å². The molecule has 0 bridgehead atoms. The minimum Gasteiger partial charge on any atom is -0.306 e. The Balaban J connectivity index is 4.21. The topological polar surface area (TPSA) is 12.0 Å². The summed E-state index contributed by atoms with van der Waals surface area (Å²) in [7, 11) is 0. The lowest BCUT2D eigenvalue weighted by molar-refractivity contribution is -0.280. The lowest BCUT2D eigenvalue weighted by Crippen LogP contribution is -2.50. The fraction of sp³-hybridized carbons (Fsp3) is 1.00. The first-order valence-corrected chi connectivity index (χ1v) is 3.65. The molecule has 0 saturated heterocycles. The number of nitrogens with one attached hydrogen (secondary N) is 1. The van der Waals surface area contributed by atoms with Crippen molar-refractivity contribution in [3.05, 3.63) is 0 Å². The van der Waals surface area contributed by atoms with Crippen LogP contribution in [0.5, 0.6) is 0 Å². The Morgan fingerprint density at radius 1 is 0.923 bits per heavy atom. The summed E-state index contributed by atoms with van der Waals surface area (Å²) >= 11 is 0. The molecule has 0 aromatic carbocycles. The van der Waals surface area contributed by atoms with Crippen LogP contribution < -0.4 is 5.32 Å². The van der Waals surface area contributed by atoms with Crippen LogP contribution in [0.15, 0.2) is 0 Å². The standard InChI is InChI=1S/C7H12F5N/c1-5(2,3)13-4-6(8,9)7(10,11)12/h13H,4H2,1-3H3. The van der Waals surface area contributed by atoms with E-state index in [1.807, 2.05) is 0 Å². The second-order valence-electron chi connectivity index (χ2n) is 3.81. The van der Waals surface area contributed by atoms with Gasteiger partial charge in [0.15, 0.2) is 0 Å². The first kappa shape index (κ1) is 12.6. The molecule has 0 fully saturated rings. The molecule has 0 unspecified atom stereocenters. The maximum Gasteiger partial charge on any atom is 0.454 e. The van der Waals surface area contributed by atoms with Crippen LogP contribution in [0.2, 0.25) is 0 Å². The van der Waals surface area contributed by atoms with Crippen LogP contribution in [0.25, 0.3) is 0 Å². The maximum atomic E-state index is 12.3. The fourth-order valence-corrected chi connectivity index (χ4v) is 0.476. The molecular weight excluding hydrogens is 193 g/mol. The zero-order chi connectivity index (χ0) is 10.9. The third-order valence-electron chi connectivity index (χ3n) is 1.26. The first-order chi connectivity index (χ1) is 5.46. The van der Waals surface area contributed by atoms with E-state index in [2.05, 4.69) is 5.32 Å².